The fourth-order valence-electron chi connectivity index (χ4n) is 2.13. The molecule has 3 N–H and O–H groups in total. The van der Waals surface area contributed by atoms with Crippen molar-refractivity contribution >= 4 is 21.5 Å². The third kappa shape index (κ3) is 2.29. The first kappa shape index (κ1) is 12.8. The number of aromatic nitrogens is 1. The predicted molar refractivity (Wildman–Crippen MR) is 72.0 cm³/mol. The van der Waals surface area contributed by atoms with E-state index in [2.05, 4.69) is 14.4 Å². The highest BCUT2D eigenvalue weighted by atomic mass is 32.2. The Bertz CT molecular complexity index is 725. The molecular formula is C12H13N3O4S. The number of fused-ring (bicyclic) bond motifs is 1. The van der Waals surface area contributed by atoms with Gasteiger partial charge < -0.3 is 15.0 Å². The number of rotatable bonds is 3. The molecule has 0 aliphatic carbocycles. The van der Waals surface area contributed by atoms with Gasteiger partial charge in [0, 0.05) is 11.8 Å². The molecule has 2 heterocycles. The van der Waals surface area contributed by atoms with Crippen LogP contribution in [0.2, 0.25) is 0 Å². The van der Waals surface area contributed by atoms with E-state index in [0.717, 1.165) is 18.4 Å². The first-order chi connectivity index (χ1) is 9.56. The van der Waals surface area contributed by atoms with Crippen LogP contribution in [0.1, 0.15) is 12.0 Å². The average Bonchev–Trinajstić information content (AvgIpc) is 2.89. The zero-order chi connectivity index (χ0) is 14.2. The second-order valence-electron chi connectivity index (χ2n) is 4.45. The van der Waals surface area contributed by atoms with Crippen LogP contribution in [0.25, 0.3) is 0 Å². The van der Waals surface area contributed by atoms with Gasteiger partial charge in [-0.05, 0) is 30.5 Å². The van der Waals surface area contributed by atoms with Crippen molar-refractivity contribution in [2.75, 3.05) is 17.1 Å². The number of hydrogen-bond donors (Lipinski definition) is 2. The lowest BCUT2D eigenvalue weighted by molar-refractivity contribution is 0.280. The van der Waals surface area contributed by atoms with Crippen LogP contribution in [0.3, 0.4) is 0 Å². The first-order valence-corrected chi connectivity index (χ1v) is 7.53. The van der Waals surface area contributed by atoms with E-state index in [1.165, 1.54) is 18.4 Å². The Morgan fingerprint density at radius 2 is 2.20 bits per heavy atom. The summed E-state index contributed by atoms with van der Waals surface area (Å²) < 4.78 is 37.2. The highest BCUT2D eigenvalue weighted by Crippen LogP contribution is 2.35. The molecule has 1 aromatic carbocycles. The van der Waals surface area contributed by atoms with E-state index in [9.17, 15) is 8.42 Å². The van der Waals surface area contributed by atoms with Gasteiger partial charge in [-0.1, -0.05) is 5.16 Å². The zero-order valence-electron chi connectivity index (χ0n) is 10.5. The molecule has 0 amide bonds. The van der Waals surface area contributed by atoms with Crippen molar-refractivity contribution in [3.05, 3.63) is 30.0 Å². The molecule has 0 radical (unpaired) electrons. The third-order valence-corrected chi connectivity index (χ3v) is 4.32. The molecule has 0 saturated carbocycles. The number of nitrogens with one attached hydrogen (secondary N) is 1. The van der Waals surface area contributed by atoms with Gasteiger partial charge in [0.2, 0.25) is 0 Å². The molecule has 1 aromatic heterocycles. The van der Waals surface area contributed by atoms with Crippen molar-refractivity contribution in [2.45, 2.75) is 17.7 Å². The summed E-state index contributed by atoms with van der Waals surface area (Å²) in [5.41, 5.74) is 6.96. The maximum atomic E-state index is 12.4. The summed E-state index contributed by atoms with van der Waals surface area (Å²) in [5.74, 6) is 0.471. The molecule has 0 spiro atoms. The molecule has 7 nitrogen and oxygen atoms in total. The van der Waals surface area contributed by atoms with Crippen molar-refractivity contribution in [3.63, 3.8) is 0 Å². The molecule has 2 aromatic rings. The van der Waals surface area contributed by atoms with Crippen molar-refractivity contribution in [1.29, 1.82) is 0 Å². The number of sulfonamides is 1. The number of hydrogen-bond acceptors (Lipinski definition) is 6. The van der Waals surface area contributed by atoms with Crippen molar-refractivity contribution in [3.8, 4) is 5.75 Å². The van der Waals surface area contributed by atoms with E-state index in [1.54, 1.807) is 6.07 Å². The minimum Gasteiger partial charge on any atom is -0.492 e. The maximum absolute atomic E-state index is 12.4. The summed E-state index contributed by atoms with van der Waals surface area (Å²) in [7, 11) is -3.82. The third-order valence-electron chi connectivity index (χ3n) is 2.96. The summed E-state index contributed by atoms with van der Waals surface area (Å²) in [6.45, 7) is 0.489. The van der Waals surface area contributed by atoms with Crippen LogP contribution >= 0.6 is 0 Å². The van der Waals surface area contributed by atoms with E-state index in [0.29, 0.717) is 18.0 Å². The van der Waals surface area contributed by atoms with Gasteiger partial charge in [-0.2, -0.15) is 0 Å². The van der Waals surface area contributed by atoms with Gasteiger partial charge in [0.05, 0.1) is 6.61 Å². The molecule has 20 heavy (non-hydrogen) atoms. The minimum absolute atomic E-state index is 0.0233. The van der Waals surface area contributed by atoms with Gasteiger partial charge in [-0.15, -0.1) is 0 Å². The van der Waals surface area contributed by atoms with E-state index in [1.807, 2.05) is 0 Å². The largest absolute Gasteiger partial charge is 0.492 e. The van der Waals surface area contributed by atoms with Gasteiger partial charge in [-0.25, -0.2) is 8.42 Å². The maximum Gasteiger partial charge on any atom is 0.266 e. The van der Waals surface area contributed by atoms with Crippen LogP contribution in [0.4, 0.5) is 11.5 Å². The van der Waals surface area contributed by atoms with Crippen LogP contribution in [0.15, 0.2) is 33.9 Å². The van der Waals surface area contributed by atoms with Gasteiger partial charge >= 0.3 is 0 Å². The highest BCUT2D eigenvalue weighted by Gasteiger charge is 2.25. The molecule has 0 saturated heterocycles. The topological polar surface area (TPSA) is 107 Å². The van der Waals surface area contributed by atoms with Crippen LogP contribution in [-0.4, -0.2) is 20.2 Å². The van der Waals surface area contributed by atoms with Gasteiger partial charge in [0.1, 0.15) is 16.9 Å². The van der Waals surface area contributed by atoms with Crippen LogP contribution in [0, 0.1) is 0 Å². The van der Waals surface area contributed by atoms with Crippen molar-refractivity contribution in [2.24, 2.45) is 0 Å². The molecule has 0 bridgehead atoms. The number of benzene rings is 1. The van der Waals surface area contributed by atoms with Crippen LogP contribution in [0.5, 0.6) is 5.75 Å². The van der Waals surface area contributed by atoms with E-state index >= 15 is 0 Å². The summed E-state index contributed by atoms with van der Waals surface area (Å²) in [6, 6.07) is 4.54. The molecule has 0 unspecified atom stereocenters. The second-order valence-corrected chi connectivity index (χ2v) is 6.10. The Balaban J connectivity index is 2.07. The van der Waals surface area contributed by atoms with Crippen LogP contribution in [-0.2, 0) is 16.4 Å². The Kier molecular flexibility index (Phi) is 3.01. The van der Waals surface area contributed by atoms with E-state index < -0.39 is 10.0 Å². The average molecular weight is 295 g/mol. The summed E-state index contributed by atoms with van der Waals surface area (Å²) in [4.78, 5) is 0.0233. The highest BCUT2D eigenvalue weighted by molar-refractivity contribution is 7.92. The molecular weight excluding hydrogens is 282 g/mol. The summed E-state index contributed by atoms with van der Waals surface area (Å²) >= 11 is 0. The lowest BCUT2D eigenvalue weighted by Crippen LogP contribution is -2.18. The second kappa shape index (κ2) is 4.71. The van der Waals surface area contributed by atoms with Crippen molar-refractivity contribution in [1.82, 2.24) is 5.16 Å². The Hall–Kier alpha value is -2.22. The lowest BCUT2D eigenvalue weighted by atomic mass is 10.1. The SMILES string of the molecule is Nc1cc2c(c(S(=O)(=O)Nc3ccon3)c1)OCCC2. The number of anilines is 2. The number of ether oxygens (including phenoxy) is 1. The Morgan fingerprint density at radius 1 is 1.35 bits per heavy atom. The molecule has 3 rings (SSSR count). The minimum atomic E-state index is -3.82. The molecule has 1 aliphatic heterocycles. The number of nitrogen functional groups attached to an aromatic ring is 1. The van der Waals surface area contributed by atoms with Gasteiger partial charge in [0.25, 0.3) is 10.0 Å². The molecule has 1 aliphatic rings. The standard InChI is InChI=1S/C12H13N3O4S/c13-9-6-8-2-1-4-18-12(8)10(7-9)20(16,17)15-11-3-5-19-14-11/h3,5-7H,1-2,4,13H2,(H,14,15). The Morgan fingerprint density at radius 3 is 2.95 bits per heavy atom. The van der Waals surface area contributed by atoms with Crippen LogP contribution < -0.4 is 15.2 Å². The summed E-state index contributed by atoms with van der Waals surface area (Å²) in [6.07, 6.45) is 2.86. The first-order valence-electron chi connectivity index (χ1n) is 6.05. The lowest BCUT2D eigenvalue weighted by Gasteiger charge is -2.21. The quantitative estimate of drug-likeness (QED) is 0.828. The number of aryl methyl sites for hydroxylation is 1. The normalized spacial score (nSPS) is 14.4. The fraction of sp³-hybridized carbons (Fsp3) is 0.250. The van der Waals surface area contributed by atoms with Gasteiger partial charge in [0.15, 0.2) is 5.82 Å². The van der Waals surface area contributed by atoms with Crippen molar-refractivity contribution < 1.29 is 17.7 Å². The smallest absolute Gasteiger partial charge is 0.266 e. The summed E-state index contributed by atoms with van der Waals surface area (Å²) in [5, 5.41) is 3.52. The van der Waals surface area contributed by atoms with E-state index in [4.69, 9.17) is 10.5 Å². The number of nitrogens with two attached hydrogens (primary N) is 1. The molecule has 0 atom stereocenters. The monoisotopic (exact) mass is 295 g/mol. The number of nitrogens with zero attached hydrogens (tertiary/aromatic N) is 1. The molecule has 106 valence electrons. The fourth-order valence-corrected chi connectivity index (χ4v) is 3.34. The molecule has 0 fully saturated rings. The molecule has 8 heteroatoms. The van der Waals surface area contributed by atoms with E-state index in [-0.39, 0.29) is 10.7 Å². The Labute approximate surface area is 115 Å². The predicted octanol–water partition coefficient (Wildman–Crippen LogP) is 1.38. The van der Waals surface area contributed by atoms with Gasteiger partial charge in [-0.3, -0.25) is 4.72 Å². The zero-order valence-corrected chi connectivity index (χ0v) is 11.3.